The number of nitrogens with zero attached hydrogens (tertiary/aromatic N) is 4. The first-order chi connectivity index (χ1) is 15.1. The van der Waals surface area contributed by atoms with Gasteiger partial charge in [-0.25, -0.2) is 0 Å². The van der Waals surface area contributed by atoms with E-state index in [2.05, 4.69) is 14.7 Å². The monoisotopic (exact) mass is 456 g/mol. The van der Waals surface area contributed by atoms with Crippen LogP contribution in [0.5, 0.6) is 0 Å². The Morgan fingerprint density at radius 3 is 2.03 bits per heavy atom. The Balaban J connectivity index is 1.40. The van der Waals surface area contributed by atoms with E-state index in [0.29, 0.717) is 12.3 Å². The lowest BCUT2D eigenvalue weighted by atomic mass is 10.0. The Morgan fingerprint density at radius 1 is 0.938 bits per heavy atom. The van der Waals surface area contributed by atoms with Gasteiger partial charge >= 0.3 is 12.1 Å². The number of piperazine rings is 2. The number of hydrogen-bond donors (Lipinski definition) is 0. The van der Waals surface area contributed by atoms with Crippen molar-refractivity contribution in [3.63, 3.8) is 0 Å². The lowest BCUT2D eigenvalue weighted by Crippen LogP contribution is -2.59. The number of esters is 1. The smallest absolute Gasteiger partial charge is 0.416 e. The van der Waals surface area contributed by atoms with Crippen LogP contribution >= 0.6 is 0 Å². The highest BCUT2D eigenvalue weighted by Crippen LogP contribution is 2.31. The Bertz CT molecular complexity index is 756. The predicted molar refractivity (Wildman–Crippen MR) is 119 cm³/mol. The first kappa shape index (κ1) is 24.8. The van der Waals surface area contributed by atoms with E-state index in [1.165, 1.54) is 12.1 Å². The van der Waals surface area contributed by atoms with Crippen LogP contribution < -0.4 is 4.90 Å². The summed E-state index contributed by atoms with van der Waals surface area (Å²) in [6, 6.07) is 5.59. The van der Waals surface area contributed by atoms with E-state index in [1.54, 1.807) is 6.07 Å². The average molecular weight is 457 g/mol. The van der Waals surface area contributed by atoms with Gasteiger partial charge in [-0.15, -0.1) is 0 Å². The molecule has 9 heteroatoms. The standard InChI is InChI=1S/C23H35F3N4O2/c1-4-32-21(31)22(2,3)30-16-12-28(13-17-30)9-8-27-10-14-29(15-11-27)20-7-5-6-19(18-20)23(24,25)26/h5-7,18H,4,8-17H2,1-3H3. The molecule has 6 nitrogen and oxygen atoms in total. The topological polar surface area (TPSA) is 39.3 Å². The van der Waals surface area contributed by atoms with Crippen molar-refractivity contribution in [1.29, 1.82) is 0 Å². The summed E-state index contributed by atoms with van der Waals surface area (Å²) in [6.45, 7) is 14.6. The van der Waals surface area contributed by atoms with Crippen molar-refractivity contribution < 1.29 is 22.7 Å². The molecule has 0 unspecified atom stereocenters. The lowest BCUT2D eigenvalue weighted by Gasteiger charge is -2.43. The van der Waals surface area contributed by atoms with E-state index in [9.17, 15) is 18.0 Å². The molecule has 180 valence electrons. The fourth-order valence-electron chi connectivity index (χ4n) is 4.36. The third kappa shape index (κ3) is 6.14. The number of rotatable bonds is 7. The predicted octanol–water partition coefficient (Wildman–Crippen LogP) is 2.79. The van der Waals surface area contributed by atoms with Crippen molar-refractivity contribution in [2.75, 3.05) is 77.0 Å². The van der Waals surface area contributed by atoms with Crippen LogP contribution in [0.15, 0.2) is 24.3 Å². The Morgan fingerprint density at radius 2 is 1.50 bits per heavy atom. The summed E-state index contributed by atoms with van der Waals surface area (Å²) in [5.41, 5.74) is -0.565. The highest BCUT2D eigenvalue weighted by Gasteiger charge is 2.37. The molecule has 1 aromatic rings. The minimum absolute atomic E-state index is 0.174. The molecule has 0 amide bonds. The van der Waals surface area contributed by atoms with E-state index in [1.807, 2.05) is 25.7 Å². The number of ether oxygens (including phenoxy) is 1. The largest absolute Gasteiger partial charge is 0.465 e. The van der Waals surface area contributed by atoms with E-state index in [4.69, 9.17) is 4.74 Å². The van der Waals surface area contributed by atoms with Gasteiger partial charge in [0.2, 0.25) is 0 Å². The number of halogens is 3. The van der Waals surface area contributed by atoms with Gasteiger partial charge in [-0.1, -0.05) is 6.07 Å². The second-order valence-electron chi connectivity index (χ2n) is 8.98. The van der Waals surface area contributed by atoms with E-state index in [-0.39, 0.29) is 5.97 Å². The number of carbonyl (C=O) groups excluding carboxylic acids is 1. The molecule has 0 atom stereocenters. The maximum atomic E-state index is 13.0. The second kappa shape index (κ2) is 10.4. The molecule has 32 heavy (non-hydrogen) atoms. The van der Waals surface area contributed by atoms with Crippen LogP contribution in [0.2, 0.25) is 0 Å². The summed E-state index contributed by atoms with van der Waals surface area (Å²) >= 11 is 0. The van der Waals surface area contributed by atoms with Crippen LogP contribution in [0.4, 0.5) is 18.9 Å². The summed E-state index contributed by atoms with van der Waals surface area (Å²) in [5, 5.41) is 0. The normalized spacial score (nSPS) is 19.9. The van der Waals surface area contributed by atoms with Crippen LogP contribution in [0, 0.1) is 0 Å². The van der Waals surface area contributed by atoms with E-state index in [0.717, 1.165) is 71.5 Å². The summed E-state index contributed by atoms with van der Waals surface area (Å²) < 4.78 is 44.2. The van der Waals surface area contributed by atoms with Crippen LogP contribution in [0.3, 0.4) is 0 Å². The lowest BCUT2D eigenvalue weighted by molar-refractivity contribution is -0.157. The fourth-order valence-corrected chi connectivity index (χ4v) is 4.36. The van der Waals surface area contributed by atoms with Crippen molar-refractivity contribution in [2.24, 2.45) is 0 Å². The molecule has 2 saturated heterocycles. The zero-order valence-electron chi connectivity index (χ0n) is 19.3. The van der Waals surface area contributed by atoms with Gasteiger partial charge in [-0.05, 0) is 39.0 Å². The summed E-state index contributed by atoms with van der Waals surface area (Å²) in [7, 11) is 0. The molecule has 0 saturated carbocycles. The summed E-state index contributed by atoms with van der Waals surface area (Å²) in [6.07, 6.45) is -4.31. The third-order valence-electron chi connectivity index (χ3n) is 6.58. The molecule has 2 heterocycles. The molecule has 0 spiro atoms. The molecule has 0 aliphatic carbocycles. The fraction of sp³-hybridized carbons (Fsp3) is 0.696. The number of alkyl halides is 3. The molecule has 2 fully saturated rings. The van der Waals surface area contributed by atoms with Gasteiger partial charge in [-0.3, -0.25) is 19.5 Å². The van der Waals surface area contributed by atoms with Gasteiger partial charge < -0.3 is 9.64 Å². The van der Waals surface area contributed by atoms with Gasteiger partial charge in [-0.2, -0.15) is 13.2 Å². The van der Waals surface area contributed by atoms with E-state index < -0.39 is 17.3 Å². The summed E-state index contributed by atoms with van der Waals surface area (Å²) in [5.74, 6) is -0.174. The van der Waals surface area contributed by atoms with Gasteiger partial charge in [0.05, 0.1) is 12.2 Å². The van der Waals surface area contributed by atoms with Crippen molar-refractivity contribution >= 4 is 11.7 Å². The highest BCUT2D eigenvalue weighted by molar-refractivity contribution is 5.79. The van der Waals surface area contributed by atoms with Crippen LogP contribution in [0.1, 0.15) is 26.3 Å². The number of hydrogen-bond acceptors (Lipinski definition) is 6. The minimum atomic E-state index is -4.31. The Hall–Kier alpha value is -1.84. The first-order valence-corrected chi connectivity index (χ1v) is 11.4. The molecular weight excluding hydrogens is 421 g/mol. The Kier molecular flexibility index (Phi) is 8.06. The second-order valence-corrected chi connectivity index (χ2v) is 8.98. The first-order valence-electron chi connectivity index (χ1n) is 11.4. The minimum Gasteiger partial charge on any atom is -0.465 e. The van der Waals surface area contributed by atoms with Crippen LogP contribution in [-0.2, 0) is 15.7 Å². The third-order valence-corrected chi connectivity index (χ3v) is 6.58. The molecular formula is C23H35F3N4O2. The molecule has 0 bridgehead atoms. The molecule has 2 aliphatic rings. The molecule has 3 rings (SSSR count). The van der Waals surface area contributed by atoms with Crippen molar-refractivity contribution in [3.05, 3.63) is 29.8 Å². The van der Waals surface area contributed by atoms with Crippen molar-refractivity contribution in [3.8, 4) is 0 Å². The molecule has 0 aromatic heterocycles. The number of anilines is 1. The van der Waals surface area contributed by atoms with Crippen LogP contribution in [-0.4, -0.2) is 98.3 Å². The number of carbonyl (C=O) groups is 1. The molecule has 0 radical (unpaired) electrons. The van der Waals surface area contributed by atoms with Crippen molar-refractivity contribution in [2.45, 2.75) is 32.5 Å². The van der Waals surface area contributed by atoms with Gasteiger partial charge in [0.25, 0.3) is 0 Å². The van der Waals surface area contributed by atoms with Gasteiger partial charge in [0, 0.05) is 71.1 Å². The van der Waals surface area contributed by atoms with Gasteiger partial charge in [0.1, 0.15) is 5.54 Å². The number of benzene rings is 1. The zero-order chi connectivity index (χ0) is 23.4. The van der Waals surface area contributed by atoms with Crippen molar-refractivity contribution in [1.82, 2.24) is 14.7 Å². The maximum absolute atomic E-state index is 13.0. The van der Waals surface area contributed by atoms with Gasteiger partial charge in [0.15, 0.2) is 0 Å². The zero-order valence-corrected chi connectivity index (χ0v) is 19.3. The quantitative estimate of drug-likeness (QED) is 0.588. The van der Waals surface area contributed by atoms with Crippen LogP contribution in [0.25, 0.3) is 0 Å². The SMILES string of the molecule is CCOC(=O)C(C)(C)N1CCN(CCN2CCN(c3cccc(C(F)(F)F)c3)CC2)CC1. The molecule has 0 N–H and O–H groups in total. The Labute approximate surface area is 188 Å². The molecule has 2 aliphatic heterocycles. The highest BCUT2D eigenvalue weighted by atomic mass is 19.4. The average Bonchev–Trinajstić information content (AvgIpc) is 2.78. The molecule has 1 aromatic carbocycles. The van der Waals surface area contributed by atoms with E-state index >= 15 is 0 Å². The maximum Gasteiger partial charge on any atom is 0.416 e. The summed E-state index contributed by atoms with van der Waals surface area (Å²) in [4.78, 5) is 21.2.